The highest BCUT2D eigenvalue weighted by molar-refractivity contribution is 7.80. The molecule has 0 aliphatic carbocycles. The first kappa shape index (κ1) is 7.66. The molecule has 0 aliphatic rings. The number of hydrogen-bond acceptors (Lipinski definition) is 2. The second-order valence-electron chi connectivity index (χ2n) is 2.57. The molecule has 0 bridgehead atoms. The Morgan fingerprint density at radius 2 is 2.60 bits per heavy atom. The van der Waals surface area contributed by atoms with Crippen molar-refractivity contribution in [2.45, 2.75) is 13.3 Å². The van der Waals surface area contributed by atoms with Crippen LogP contribution in [0.1, 0.15) is 12.6 Å². The second kappa shape index (κ2) is 3.66. The lowest BCUT2D eigenvalue weighted by Gasteiger charge is -2.03. The van der Waals surface area contributed by atoms with Crippen molar-refractivity contribution in [3.63, 3.8) is 0 Å². The molecule has 1 aromatic heterocycles. The van der Waals surface area contributed by atoms with E-state index in [2.05, 4.69) is 29.5 Å². The largest absolute Gasteiger partial charge is 0.348 e. The Morgan fingerprint density at radius 3 is 3.10 bits per heavy atom. The molecule has 1 N–H and O–H groups in total. The lowest BCUT2D eigenvalue weighted by Crippen LogP contribution is -2.00. The number of nitrogens with one attached hydrogen (secondary N) is 1. The summed E-state index contributed by atoms with van der Waals surface area (Å²) in [4.78, 5) is 6.99. The Morgan fingerprint density at radius 1 is 1.80 bits per heavy atom. The van der Waals surface area contributed by atoms with Gasteiger partial charge in [0.05, 0.1) is 6.33 Å². The normalized spacial score (nSPS) is 13.4. The molecule has 0 radical (unpaired) electrons. The molecular formula is C7H12N2S. The van der Waals surface area contributed by atoms with Gasteiger partial charge in [0.25, 0.3) is 0 Å². The van der Waals surface area contributed by atoms with Gasteiger partial charge in [0.2, 0.25) is 0 Å². The number of H-pyrrole nitrogens is 1. The molecular weight excluding hydrogens is 144 g/mol. The van der Waals surface area contributed by atoms with E-state index in [-0.39, 0.29) is 0 Å². The van der Waals surface area contributed by atoms with Crippen molar-refractivity contribution in [2.75, 3.05) is 5.75 Å². The highest BCUT2D eigenvalue weighted by Crippen LogP contribution is 2.05. The van der Waals surface area contributed by atoms with Gasteiger partial charge in [-0.2, -0.15) is 12.6 Å². The highest BCUT2D eigenvalue weighted by atomic mass is 32.1. The molecule has 2 nitrogen and oxygen atoms in total. The minimum Gasteiger partial charge on any atom is -0.348 e. The number of imidazole rings is 1. The monoisotopic (exact) mass is 156 g/mol. The molecule has 0 saturated carbocycles. The van der Waals surface area contributed by atoms with Crippen LogP contribution in [0.15, 0.2) is 12.5 Å². The molecule has 1 heterocycles. The third-order valence-electron chi connectivity index (χ3n) is 1.43. The van der Waals surface area contributed by atoms with Gasteiger partial charge in [0.15, 0.2) is 0 Å². The van der Waals surface area contributed by atoms with E-state index in [0.717, 1.165) is 12.2 Å². The van der Waals surface area contributed by atoms with E-state index in [0.29, 0.717) is 5.92 Å². The van der Waals surface area contributed by atoms with E-state index in [4.69, 9.17) is 0 Å². The molecule has 10 heavy (non-hydrogen) atoms. The van der Waals surface area contributed by atoms with E-state index in [1.165, 1.54) is 5.69 Å². The van der Waals surface area contributed by atoms with E-state index in [9.17, 15) is 0 Å². The molecule has 0 spiro atoms. The fraction of sp³-hybridized carbons (Fsp3) is 0.571. The summed E-state index contributed by atoms with van der Waals surface area (Å²) in [7, 11) is 0. The Kier molecular flexibility index (Phi) is 2.81. The summed E-state index contributed by atoms with van der Waals surface area (Å²) in [6, 6.07) is 0. The van der Waals surface area contributed by atoms with E-state index in [1.807, 2.05) is 6.20 Å². The number of rotatable bonds is 3. The number of nitrogens with zero attached hydrogens (tertiary/aromatic N) is 1. The SMILES string of the molecule is CC(CS)Cc1cnc[nH]1. The number of thiol groups is 1. The van der Waals surface area contributed by atoms with Crippen molar-refractivity contribution in [3.05, 3.63) is 18.2 Å². The molecule has 1 unspecified atom stereocenters. The minimum atomic E-state index is 0.629. The van der Waals surface area contributed by atoms with Gasteiger partial charge in [-0.1, -0.05) is 6.92 Å². The highest BCUT2D eigenvalue weighted by Gasteiger charge is 2.00. The zero-order chi connectivity index (χ0) is 7.40. The van der Waals surface area contributed by atoms with Crippen LogP contribution in [0, 0.1) is 5.92 Å². The Hall–Kier alpha value is -0.440. The number of aromatic amines is 1. The van der Waals surface area contributed by atoms with Crippen molar-refractivity contribution < 1.29 is 0 Å². The van der Waals surface area contributed by atoms with Crippen molar-refractivity contribution in [1.29, 1.82) is 0 Å². The molecule has 1 rings (SSSR count). The van der Waals surface area contributed by atoms with Crippen molar-refractivity contribution >= 4 is 12.6 Å². The zero-order valence-corrected chi connectivity index (χ0v) is 6.94. The summed E-state index contributed by atoms with van der Waals surface area (Å²) in [5, 5.41) is 0. The van der Waals surface area contributed by atoms with Crippen LogP contribution in [0.2, 0.25) is 0 Å². The topological polar surface area (TPSA) is 28.7 Å². The van der Waals surface area contributed by atoms with Gasteiger partial charge in [-0.3, -0.25) is 0 Å². The van der Waals surface area contributed by atoms with Crippen molar-refractivity contribution in [3.8, 4) is 0 Å². The Labute approximate surface area is 66.5 Å². The number of aromatic nitrogens is 2. The van der Waals surface area contributed by atoms with Crippen LogP contribution in [-0.2, 0) is 6.42 Å². The van der Waals surface area contributed by atoms with Gasteiger partial charge in [-0.15, -0.1) is 0 Å². The van der Waals surface area contributed by atoms with E-state index >= 15 is 0 Å². The van der Waals surface area contributed by atoms with Crippen LogP contribution < -0.4 is 0 Å². The van der Waals surface area contributed by atoms with Crippen LogP contribution in [0.5, 0.6) is 0 Å². The fourth-order valence-corrected chi connectivity index (χ4v) is 0.965. The molecule has 3 heteroatoms. The molecule has 0 aromatic carbocycles. The first-order chi connectivity index (χ1) is 4.83. The third kappa shape index (κ3) is 2.06. The molecule has 0 amide bonds. The average Bonchev–Trinajstić information content (AvgIpc) is 2.40. The van der Waals surface area contributed by atoms with Crippen LogP contribution in [-0.4, -0.2) is 15.7 Å². The lowest BCUT2D eigenvalue weighted by molar-refractivity contribution is 0.650. The van der Waals surface area contributed by atoms with Gasteiger partial charge in [-0.05, 0) is 18.1 Å². The fourth-order valence-electron chi connectivity index (χ4n) is 0.836. The van der Waals surface area contributed by atoms with Crippen LogP contribution in [0.3, 0.4) is 0 Å². The van der Waals surface area contributed by atoms with Gasteiger partial charge in [0.1, 0.15) is 0 Å². The lowest BCUT2D eigenvalue weighted by atomic mass is 10.1. The maximum Gasteiger partial charge on any atom is 0.0921 e. The average molecular weight is 156 g/mol. The minimum absolute atomic E-state index is 0.629. The zero-order valence-electron chi connectivity index (χ0n) is 6.04. The maximum atomic E-state index is 4.19. The molecule has 1 atom stereocenters. The summed E-state index contributed by atoms with van der Waals surface area (Å²) < 4.78 is 0. The smallest absolute Gasteiger partial charge is 0.0921 e. The summed E-state index contributed by atoms with van der Waals surface area (Å²) in [5.74, 6) is 1.56. The predicted molar refractivity (Wildman–Crippen MR) is 45.3 cm³/mol. The van der Waals surface area contributed by atoms with Crippen LogP contribution in [0.4, 0.5) is 0 Å². The molecule has 0 fully saturated rings. The first-order valence-corrected chi connectivity index (χ1v) is 4.04. The summed E-state index contributed by atoms with van der Waals surface area (Å²) >= 11 is 4.19. The van der Waals surface area contributed by atoms with Crippen LogP contribution >= 0.6 is 12.6 Å². The van der Waals surface area contributed by atoms with E-state index < -0.39 is 0 Å². The van der Waals surface area contributed by atoms with Gasteiger partial charge < -0.3 is 4.98 Å². The summed E-state index contributed by atoms with van der Waals surface area (Å²) in [5.41, 5.74) is 1.20. The molecule has 56 valence electrons. The predicted octanol–water partition coefficient (Wildman–Crippen LogP) is 1.52. The van der Waals surface area contributed by atoms with Crippen molar-refractivity contribution in [2.24, 2.45) is 5.92 Å². The maximum absolute atomic E-state index is 4.19. The van der Waals surface area contributed by atoms with Crippen molar-refractivity contribution in [1.82, 2.24) is 9.97 Å². The Bertz CT molecular complexity index is 172. The quantitative estimate of drug-likeness (QED) is 0.638. The first-order valence-electron chi connectivity index (χ1n) is 3.41. The Balaban J connectivity index is 2.40. The van der Waals surface area contributed by atoms with Gasteiger partial charge in [0, 0.05) is 11.9 Å². The molecule has 0 aliphatic heterocycles. The number of hydrogen-bond donors (Lipinski definition) is 2. The molecule has 1 aromatic rings. The van der Waals surface area contributed by atoms with E-state index in [1.54, 1.807) is 6.33 Å². The van der Waals surface area contributed by atoms with Gasteiger partial charge >= 0.3 is 0 Å². The summed E-state index contributed by atoms with van der Waals surface area (Å²) in [6.07, 6.45) is 4.62. The summed E-state index contributed by atoms with van der Waals surface area (Å²) in [6.45, 7) is 2.17. The van der Waals surface area contributed by atoms with Crippen LogP contribution in [0.25, 0.3) is 0 Å². The second-order valence-corrected chi connectivity index (χ2v) is 2.93. The molecule has 0 saturated heterocycles. The standard InChI is InChI=1S/C7H12N2S/c1-6(4-10)2-7-3-8-5-9-7/h3,5-6,10H,2,4H2,1H3,(H,8,9). The third-order valence-corrected chi connectivity index (χ3v) is 2.06. The van der Waals surface area contributed by atoms with Gasteiger partial charge in [-0.25, -0.2) is 4.98 Å².